The van der Waals surface area contributed by atoms with E-state index >= 15 is 0 Å². The molecule has 0 spiro atoms. The quantitative estimate of drug-likeness (QED) is 0.548. The van der Waals surface area contributed by atoms with Crippen molar-refractivity contribution in [2.45, 2.75) is 45.5 Å². The van der Waals surface area contributed by atoms with Gasteiger partial charge in [-0.2, -0.15) is 0 Å². The van der Waals surface area contributed by atoms with Crippen LogP contribution >= 0.6 is 11.3 Å². The van der Waals surface area contributed by atoms with E-state index in [2.05, 4.69) is 31.5 Å². The second kappa shape index (κ2) is 6.52. The van der Waals surface area contributed by atoms with Crippen molar-refractivity contribution in [1.29, 1.82) is 0 Å². The molecule has 0 saturated carbocycles. The average Bonchev–Trinajstić information content (AvgIpc) is 2.56. The topological polar surface area (TPSA) is 22.1 Å². The lowest BCUT2D eigenvalue weighted by molar-refractivity contribution is 0.138. The van der Waals surface area contributed by atoms with Crippen LogP contribution in [0.3, 0.4) is 0 Å². The molecule has 1 rings (SSSR count). The van der Waals surface area contributed by atoms with E-state index in [1.54, 1.807) is 11.3 Å². The van der Waals surface area contributed by atoms with Gasteiger partial charge in [-0.05, 0) is 13.3 Å². The van der Waals surface area contributed by atoms with Crippen LogP contribution in [0.15, 0.2) is 5.51 Å². The predicted molar refractivity (Wildman–Crippen MR) is 74.1 cm³/mol. The fourth-order valence-corrected chi connectivity index (χ4v) is 3.51. The minimum Gasteiger partial charge on any atom is -0.381 e. The molecule has 4 heteroatoms. The minimum absolute atomic E-state index is 0.842. The molecular weight excluding hydrogens is 234 g/mol. The third kappa shape index (κ3) is 5.77. The molecule has 0 amide bonds. The van der Waals surface area contributed by atoms with Gasteiger partial charge in [-0.15, -0.1) is 11.3 Å². The van der Waals surface area contributed by atoms with E-state index in [4.69, 9.17) is 4.74 Å². The van der Waals surface area contributed by atoms with Crippen molar-refractivity contribution in [2.24, 2.45) is 0 Å². The second-order valence-corrected chi connectivity index (χ2v) is 11.9. The molecule has 0 bridgehead atoms. The maximum Gasteiger partial charge on any atom is 0.0797 e. The molecule has 0 fully saturated rings. The van der Waals surface area contributed by atoms with Gasteiger partial charge in [-0.25, -0.2) is 4.98 Å². The largest absolute Gasteiger partial charge is 0.381 e. The van der Waals surface area contributed by atoms with Crippen LogP contribution < -0.4 is 0 Å². The standard InChI is InChI=1S/C12H23NOSSi/c1-11-12(15-10-13-11)6-8-14-7-5-9-16(2,3)4/h10H,5-9H2,1-4H3. The summed E-state index contributed by atoms with van der Waals surface area (Å²) in [7, 11) is -0.867. The summed E-state index contributed by atoms with van der Waals surface area (Å²) >= 11 is 1.73. The lowest BCUT2D eigenvalue weighted by Crippen LogP contribution is -2.19. The van der Waals surface area contributed by atoms with Crippen LogP contribution in [0.1, 0.15) is 17.0 Å². The van der Waals surface area contributed by atoms with Gasteiger partial charge in [-0.1, -0.05) is 25.7 Å². The zero-order valence-corrected chi connectivity index (χ0v) is 12.7. The third-order valence-corrected chi connectivity index (χ3v) is 5.38. The van der Waals surface area contributed by atoms with Gasteiger partial charge in [0, 0.05) is 26.0 Å². The summed E-state index contributed by atoms with van der Waals surface area (Å²) in [6.45, 7) is 11.1. The first-order valence-electron chi connectivity index (χ1n) is 5.96. The molecule has 1 heterocycles. The first-order valence-corrected chi connectivity index (χ1v) is 10.5. The van der Waals surface area contributed by atoms with Crippen LogP contribution in [-0.2, 0) is 11.2 Å². The molecule has 1 aromatic rings. The summed E-state index contributed by atoms with van der Waals surface area (Å²) in [6.07, 6.45) is 2.24. The highest BCUT2D eigenvalue weighted by atomic mass is 32.1. The molecule has 0 radical (unpaired) electrons. The Morgan fingerprint density at radius 1 is 1.31 bits per heavy atom. The second-order valence-electron chi connectivity index (χ2n) is 5.39. The van der Waals surface area contributed by atoms with Crippen molar-refractivity contribution in [1.82, 2.24) is 4.98 Å². The molecule has 0 aliphatic heterocycles. The number of nitrogens with zero attached hydrogens (tertiary/aromatic N) is 1. The van der Waals surface area contributed by atoms with Crippen LogP contribution in [0.5, 0.6) is 0 Å². The van der Waals surface area contributed by atoms with Gasteiger partial charge in [-0.3, -0.25) is 0 Å². The lowest BCUT2D eigenvalue weighted by atomic mass is 10.3. The molecule has 16 heavy (non-hydrogen) atoms. The Labute approximate surface area is 104 Å². The van der Waals surface area contributed by atoms with Crippen LogP contribution in [0.4, 0.5) is 0 Å². The Hall–Kier alpha value is -0.193. The number of ether oxygens (including phenoxy) is 1. The molecule has 0 aromatic carbocycles. The highest BCUT2D eigenvalue weighted by Crippen LogP contribution is 2.13. The average molecular weight is 257 g/mol. The summed E-state index contributed by atoms with van der Waals surface area (Å²) < 4.78 is 5.66. The summed E-state index contributed by atoms with van der Waals surface area (Å²) in [6, 6.07) is 1.37. The molecule has 0 aliphatic rings. The van der Waals surface area contributed by atoms with Crippen LogP contribution in [0, 0.1) is 6.92 Å². The van der Waals surface area contributed by atoms with Crippen molar-refractivity contribution >= 4 is 19.4 Å². The molecular formula is C12H23NOSSi. The zero-order chi connectivity index (χ0) is 12.0. The van der Waals surface area contributed by atoms with Crippen molar-refractivity contribution in [3.63, 3.8) is 0 Å². The van der Waals surface area contributed by atoms with Gasteiger partial charge < -0.3 is 4.74 Å². The summed E-state index contributed by atoms with van der Waals surface area (Å²) in [5.74, 6) is 0. The monoisotopic (exact) mass is 257 g/mol. The van der Waals surface area contributed by atoms with E-state index in [1.807, 2.05) is 5.51 Å². The van der Waals surface area contributed by atoms with Crippen molar-refractivity contribution < 1.29 is 4.74 Å². The van der Waals surface area contributed by atoms with E-state index in [9.17, 15) is 0 Å². The van der Waals surface area contributed by atoms with Gasteiger partial charge in [0.15, 0.2) is 0 Å². The Bertz CT molecular complexity index is 306. The summed E-state index contributed by atoms with van der Waals surface area (Å²) in [4.78, 5) is 5.60. The molecule has 0 unspecified atom stereocenters. The van der Waals surface area contributed by atoms with Crippen molar-refractivity contribution in [2.75, 3.05) is 13.2 Å². The Kier molecular flexibility index (Phi) is 5.65. The van der Waals surface area contributed by atoms with Gasteiger partial charge >= 0.3 is 0 Å². The molecule has 0 saturated heterocycles. The summed E-state index contributed by atoms with van der Waals surface area (Å²) in [5.41, 5.74) is 3.08. The molecule has 0 aliphatic carbocycles. The maximum absolute atomic E-state index is 5.66. The van der Waals surface area contributed by atoms with Crippen LogP contribution in [-0.4, -0.2) is 26.3 Å². The van der Waals surface area contributed by atoms with E-state index in [1.165, 1.54) is 17.3 Å². The first-order chi connectivity index (χ1) is 7.49. The number of rotatable bonds is 7. The van der Waals surface area contributed by atoms with E-state index in [0.717, 1.165) is 25.3 Å². The predicted octanol–water partition coefficient (Wildman–Crippen LogP) is 3.74. The molecule has 2 nitrogen and oxygen atoms in total. The van der Waals surface area contributed by atoms with Crippen LogP contribution in [0.25, 0.3) is 0 Å². The van der Waals surface area contributed by atoms with Crippen LogP contribution in [0.2, 0.25) is 25.7 Å². The normalized spacial score (nSPS) is 12.0. The van der Waals surface area contributed by atoms with Gasteiger partial charge in [0.05, 0.1) is 17.8 Å². The fourth-order valence-electron chi connectivity index (χ4n) is 1.54. The Morgan fingerprint density at radius 2 is 2.06 bits per heavy atom. The highest BCUT2D eigenvalue weighted by Gasteiger charge is 2.11. The smallest absolute Gasteiger partial charge is 0.0797 e. The highest BCUT2D eigenvalue weighted by molar-refractivity contribution is 7.09. The molecule has 0 atom stereocenters. The van der Waals surface area contributed by atoms with E-state index in [0.29, 0.717) is 0 Å². The Balaban J connectivity index is 2.03. The molecule has 0 N–H and O–H groups in total. The van der Waals surface area contributed by atoms with Crippen molar-refractivity contribution in [3.8, 4) is 0 Å². The molecule has 1 aromatic heterocycles. The number of aromatic nitrogens is 1. The maximum atomic E-state index is 5.66. The fraction of sp³-hybridized carbons (Fsp3) is 0.750. The third-order valence-electron chi connectivity index (χ3n) is 2.53. The molecule has 92 valence electrons. The Morgan fingerprint density at radius 3 is 2.62 bits per heavy atom. The number of thiazole rings is 1. The zero-order valence-electron chi connectivity index (χ0n) is 10.9. The van der Waals surface area contributed by atoms with Gasteiger partial charge in [0.25, 0.3) is 0 Å². The number of hydrogen-bond donors (Lipinski definition) is 0. The van der Waals surface area contributed by atoms with E-state index < -0.39 is 8.07 Å². The van der Waals surface area contributed by atoms with E-state index in [-0.39, 0.29) is 0 Å². The SMILES string of the molecule is Cc1ncsc1CCOCCC[Si](C)(C)C. The van der Waals surface area contributed by atoms with Crippen molar-refractivity contribution in [3.05, 3.63) is 16.1 Å². The van der Waals surface area contributed by atoms with Gasteiger partial charge in [0.2, 0.25) is 0 Å². The lowest BCUT2D eigenvalue weighted by Gasteiger charge is -2.15. The number of hydrogen-bond acceptors (Lipinski definition) is 3. The summed E-state index contributed by atoms with van der Waals surface area (Å²) in [5, 5.41) is 0. The minimum atomic E-state index is -0.867. The first kappa shape index (κ1) is 13.9. The van der Waals surface area contributed by atoms with Gasteiger partial charge in [0.1, 0.15) is 0 Å². The number of aryl methyl sites for hydroxylation is 1.